The van der Waals surface area contributed by atoms with E-state index in [2.05, 4.69) is 9.97 Å². The standard InChI is InChI=1S/C16H17FN2O/c1-10(2)20-14-6-12(5-13(17)7-14)16-8-15(11-3-4-11)18-9-19-16/h5-11H,3-4H2,1-2H3. The number of halogens is 1. The molecule has 3 nitrogen and oxygen atoms in total. The van der Waals surface area contributed by atoms with Crippen LogP contribution in [0.15, 0.2) is 30.6 Å². The van der Waals surface area contributed by atoms with Crippen LogP contribution < -0.4 is 4.74 Å². The molecule has 104 valence electrons. The van der Waals surface area contributed by atoms with Gasteiger partial charge in [0.1, 0.15) is 17.9 Å². The van der Waals surface area contributed by atoms with Crippen LogP contribution in [-0.2, 0) is 0 Å². The summed E-state index contributed by atoms with van der Waals surface area (Å²) >= 11 is 0. The molecule has 1 aliphatic carbocycles. The number of benzene rings is 1. The Morgan fingerprint density at radius 1 is 1.15 bits per heavy atom. The van der Waals surface area contributed by atoms with Gasteiger partial charge < -0.3 is 4.74 Å². The highest BCUT2D eigenvalue weighted by molar-refractivity contribution is 5.61. The highest BCUT2D eigenvalue weighted by atomic mass is 19.1. The Bertz CT molecular complexity index is 624. The predicted molar refractivity (Wildman–Crippen MR) is 75.2 cm³/mol. The van der Waals surface area contributed by atoms with Gasteiger partial charge in [-0.25, -0.2) is 14.4 Å². The third kappa shape index (κ3) is 2.95. The fourth-order valence-corrected chi connectivity index (χ4v) is 2.18. The van der Waals surface area contributed by atoms with Gasteiger partial charge in [0.05, 0.1) is 11.8 Å². The Hall–Kier alpha value is -1.97. The summed E-state index contributed by atoms with van der Waals surface area (Å²) in [6.07, 6.45) is 3.93. The van der Waals surface area contributed by atoms with Crippen LogP contribution >= 0.6 is 0 Å². The molecule has 0 spiro atoms. The lowest BCUT2D eigenvalue weighted by Gasteiger charge is -2.11. The third-order valence-corrected chi connectivity index (χ3v) is 3.22. The number of ether oxygens (including phenoxy) is 1. The normalized spacial score (nSPS) is 14.6. The highest BCUT2D eigenvalue weighted by Gasteiger charge is 2.25. The SMILES string of the molecule is CC(C)Oc1cc(F)cc(-c2cc(C3CC3)ncn2)c1. The lowest BCUT2D eigenvalue weighted by molar-refractivity contribution is 0.241. The van der Waals surface area contributed by atoms with E-state index >= 15 is 0 Å². The molecule has 0 bridgehead atoms. The summed E-state index contributed by atoms with van der Waals surface area (Å²) in [5.41, 5.74) is 2.52. The number of hydrogen-bond acceptors (Lipinski definition) is 3. The number of aromatic nitrogens is 2. The Kier molecular flexibility index (Phi) is 3.38. The molecule has 0 aliphatic heterocycles. The molecule has 2 aromatic rings. The zero-order valence-electron chi connectivity index (χ0n) is 11.6. The maximum Gasteiger partial charge on any atom is 0.127 e. The fraction of sp³-hybridized carbons (Fsp3) is 0.375. The maximum atomic E-state index is 13.7. The minimum Gasteiger partial charge on any atom is -0.491 e. The van der Waals surface area contributed by atoms with Gasteiger partial charge in [-0.1, -0.05) is 0 Å². The zero-order chi connectivity index (χ0) is 14.1. The molecule has 1 saturated carbocycles. The van der Waals surface area contributed by atoms with Crippen molar-refractivity contribution in [1.29, 1.82) is 0 Å². The minimum atomic E-state index is -0.315. The van der Waals surface area contributed by atoms with E-state index in [4.69, 9.17) is 4.74 Å². The van der Waals surface area contributed by atoms with E-state index in [1.807, 2.05) is 26.0 Å². The van der Waals surface area contributed by atoms with Gasteiger partial charge in [-0.05, 0) is 44.9 Å². The van der Waals surface area contributed by atoms with Crippen molar-refractivity contribution in [2.45, 2.75) is 38.7 Å². The molecule has 0 unspecified atom stereocenters. The van der Waals surface area contributed by atoms with Gasteiger partial charge in [0.2, 0.25) is 0 Å². The van der Waals surface area contributed by atoms with Crippen molar-refractivity contribution in [3.63, 3.8) is 0 Å². The molecule has 1 heterocycles. The van der Waals surface area contributed by atoms with Crippen molar-refractivity contribution >= 4 is 0 Å². The molecule has 20 heavy (non-hydrogen) atoms. The maximum absolute atomic E-state index is 13.7. The molecule has 1 fully saturated rings. The molecule has 1 aliphatic rings. The fourth-order valence-electron chi connectivity index (χ4n) is 2.18. The van der Waals surface area contributed by atoms with E-state index in [0.717, 1.165) is 17.0 Å². The van der Waals surface area contributed by atoms with E-state index in [9.17, 15) is 4.39 Å². The average Bonchev–Trinajstić information content (AvgIpc) is 3.21. The highest BCUT2D eigenvalue weighted by Crippen LogP contribution is 2.39. The van der Waals surface area contributed by atoms with E-state index in [1.54, 1.807) is 6.33 Å². The van der Waals surface area contributed by atoms with Crippen molar-refractivity contribution in [3.05, 3.63) is 42.1 Å². The van der Waals surface area contributed by atoms with Gasteiger partial charge in [-0.2, -0.15) is 0 Å². The van der Waals surface area contributed by atoms with Crippen LogP contribution in [0.3, 0.4) is 0 Å². The predicted octanol–water partition coefficient (Wildman–Crippen LogP) is 3.95. The Morgan fingerprint density at radius 2 is 1.95 bits per heavy atom. The molecule has 1 aromatic carbocycles. The van der Waals surface area contributed by atoms with Crippen molar-refractivity contribution in [2.24, 2.45) is 0 Å². The van der Waals surface area contributed by atoms with Crippen molar-refractivity contribution in [1.82, 2.24) is 9.97 Å². The minimum absolute atomic E-state index is 0.0112. The van der Waals surface area contributed by atoms with Crippen molar-refractivity contribution in [2.75, 3.05) is 0 Å². The van der Waals surface area contributed by atoms with Crippen LogP contribution in [0.25, 0.3) is 11.3 Å². The van der Waals surface area contributed by atoms with Gasteiger partial charge in [0.25, 0.3) is 0 Å². The second-order valence-corrected chi connectivity index (χ2v) is 5.44. The molecule has 0 radical (unpaired) electrons. The first-order valence-electron chi connectivity index (χ1n) is 6.91. The quantitative estimate of drug-likeness (QED) is 0.845. The summed E-state index contributed by atoms with van der Waals surface area (Å²) in [6.45, 7) is 3.83. The first-order chi connectivity index (χ1) is 9.61. The zero-order valence-corrected chi connectivity index (χ0v) is 11.6. The Balaban J connectivity index is 1.96. The second-order valence-electron chi connectivity index (χ2n) is 5.44. The Labute approximate surface area is 117 Å². The summed E-state index contributed by atoms with van der Waals surface area (Å²) < 4.78 is 19.3. The smallest absolute Gasteiger partial charge is 0.127 e. The van der Waals surface area contributed by atoms with E-state index < -0.39 is 0 Å². The molecule has 0 amide bonds. The largest absolute Gasteiger partial charge is 0.491 e. The summed E-state index contributed by atoms with van der Waals surface area (Å²) in [6, 6.07) is 6.65. The van der Waals surface area contributed by atoms with E-state index in [1.165, 1.54) is 25.0 Å². The number of rotatable bonds is 4. The lowest BCUT2D eigenvalue weighted by atomic mass is 10.1. The van der Waals surface area contributed by atoms with Gasteiger partial charge in [-0.3, -0.25) is 0 Å². The van der Waals surface area contributed by atoms with Crippen LogP contribution in [0, 0.1) is 5.82 Å². The first-order valence-corrected chi connectivity index (χ1v) is 6.91. The molecule has 4 heteroatoms. The monoisotopic (exact) mass is 272 g/mol. The first kappa shape index (κ1) is 13.0. The number of hydrogen-bond donors (Lipinski definition) is 0. The summed E-state index contributed by atoms with van der Waals surface area (Å²) in [5, 5.41) is 0. The topological polar surface area (TPSA) is 35.0 Å². The van der Waals surface area contributed by atoms with Crippen LogP contribution in [0.1, 0.15) is 38.3 Å². The third-order valence-electron chi connectivity index (χ3n) is 3.22. The van der Waals surface area contributed by atoms with Crippen LogP contribution in [0.4, 0.5) is 4.39 Å². The molecule has 0 N–H and O–H groups in total. The van der Waals surface area contributed by atoms with Gasteiger partial charge in [0, 0.05) is 23.2 Å². The summed E-state index contributed by atoms with van der Waals surface area (Å²) in [5.74, 6) is 0.767. The van der Waals surface area contributed by atoms with Crippen molar-refractivity contribution in [3.8, 4) is 17.0 Å². The summed E-state index contributed by atoms with van der Waals surface area (Å²) in [4.78, 5) is 8.53. The second kappa shape index (κ2) is 5.19. The molecule has 1 aromatic heterocycles. The van der Waals surface area contributed by atoms with E-state index in [-0.39, 0.29) is 11.9 Å². The van der Waals surface area contributed by atoms with Crippen LogP contribution in [0.5, 0.6) is 5.75 Å². The Morgan fingerprint density at radius 3 is 2.65 bits per heavy atom. The van der Waals surface area contributed by atoms with Gasteiger partial charge in [0.15, 0.2) is 0 Å². The van der Waals surface area contributed by atoms with Gasteiger partial charge in [-0.15, -0.1) is 0 Å². The van der Waals surface area contributed by atoms with Crippen LogP contribution in [-0.4, -0.2) is 16.1 Å². The van der Waals surface area contributed by atoms with Crippen molar-refractivity contribution < 1.29 is 9.13 Å². The average molecular weight is 272 g/mol. The van der Waals surface area contributed by atoms with Crippen LogP contribution in [0.2, 0.25) is 0 Å². The lowest BCUT2D eigenvalue weighted by Crippen LogP contribution is -2.05. The summed E-state index contributed by atoms with van der Waals surface area (Å²) in [7, 11) is 0. The molecular formula is C16H17FN2O. The molecule has 0 saturated heterocycles. The number of nitrogens with zero attached hydrogens (tertiary/aromatic N) is 2. The molecule has 0 atom stereocenters. The van der Waals surface area contributed by atoms with Gasteiger partial charge >= 0.3 is 0 Å². The molecule has 3 rings (SSSR count). The van der Waals surface area contributed by atoms with E-state index in [0.29, 0.717) is 11.7 Å². The molecular weight excluding hydrogens is 255 g/mol.